The van der Waals surface area contributed by atoms with Crippen LogP contribution in [0.15, 0.2) is 24.3 Å². The van der Waals surface area contributed by atoms with Gasteiger partial charge in [-0.05, 0) is 44.9 Å². The van der Waals surface area contributed by atoms with E-state index >= 15 is 0 Å². The van der Waals surface area contributed by atoms with E-state index < -0.39 is 12.1 Å². The molecular formula is C68H133NO3. The molecule has 0 saturated heterocycles. The monoisotopic (exact) mass is 1010 g/mol. The van der Waals surface area contributed by atoms with Crippen LogP contribution in [0.4, 0.5) is 0 Å². The number of carbonyl (C=O) groups excluding carboxylic acids is 1. The molecule has 0 bridgehead atoms. The van der Waals surface area contributed by atoms with Crippen molar-refractivity contribution in [3.05, 3.63) is 24.3 Å². The molecular weight excluding hydrogens is 879 g/mol. The Morgan fingerprint density at radius 1 is 0.333 bits per heavy atom. The molecule has 0 aliphatic carbocycles. The number of unbranched alkanes of at least 4 members (excludes halogenated alkanes) is 52. The fraction of sp³-hybridized carbons (Fsp3) is 0.926. The molecule has 0 radical (unpaired) electrons. The van der Waals surface area contributed by atoms with Crippen molar-refractivity contribution in [2.45, 2.75) is 398 Å². The minimum absolute atomic E-state index is 0.0233. The maximum Gasteiger partial charge on any atom is 0.220 e. The minimum Gasteiger partial charge on any atom is -0.394 e. The second kappa shape index (κ2) is 64.2. The average molecular weight is 1010 g/mol. The van der Waals surface area contributed by atoms with Gasteiger partial charge in [0.2, 0.25) is 5.91 Å². The molecule has 428 valence electrons. The predicted octanol–water partition coefficient (Wildman–Crippen LogP) is 22.6. The van der Waals surface area contributed by atoms with Crippen LogP contribution in [0.3, 0.4) is 0 Å². The van der Waals surface area contributed by atoms with Crippen LogP contribution in [0.2, 0.25) is 0 Å². The first-order valence-corrected chi connectivity index (χ1v) is 33.5. The van der Waals surface area contributed by atoms with E-state index in [0.717, 1.165) is 32.1 Å². The molecule has 72 heavy (non-hydrogen) atoms. The molecule has 1 amide bonds. The summed E-state index contributed by atoms with van der Waals surface area (Å²) in [4.78, 5) is 12.5. The number of aliphatic hydroxyl groups excluding tert-OH is 2. The first-order chi connectivity index (χ1) is 35.7. The highest BCUT2D eigenvalue weighted by molar-refractivity contribution is 5.76. The van der Waals surface area contributed by atoms with Gasteiger partial charge in [0, 0.05) is 6.42 Å². The van der Waals surface area contributed by atoms with E-state index in [1.165, 1.54) is 327 Å². The third kappa shape index (κ3) is 59.7. The number of amides is 1. The van der Waals surface area contributed by atoms with E-state index in [-0.39, 0.29) is 12.5 Å². The number of aliphatic hydroxyl groups is 2. The second-order valence-electron chi connectivity index (χ2n) is 23.2. The van der Waals surface area contributed by atoms with E-state index in [2.05, 4.69) is 43.5 Å². The smallest absolute Gasteiger partial charge is 0.220 e. The van der Waals surface area contributed by atoms with E-state index in [0.29, 0.717) is 12.8 Å². The van der Waals surface area contributed by atoms with Gasteiger partial charge in [0.15, 0.2) is 0 Å². The van der Waals surface area contributed by atoms with Crippen LogP contribution in [0.5, 0.6) is 0 Å². The molecule has 0 fully saturated rings. The molecule has 4 heteroatoms. The van der Waals surface area contributed by atoms with Crippen molar-refractivity contribution in [2.24, 2.45) is 0 Å². The molecule has 0 aromatic rings. The maximum absolute atomic E-state index is 12.5. The Morgan fingerprint density at radius 2 is 0.569 bits per heavy atom. The van der Waals surface area contributed by atoms with Gasteiger partial charge in [-0.2, -0.15) is 0 Å². The van der Waals surface area contributed by atoms with Gasteiger partial charge in [0.1, 0.15) is 0 Å². The number of nitrogens with one attached hydrogen (secondary N) is 1. The Bertz CT molecular complexity index is 1060. The third-order valence-corrected chi connectivity index (χ3v) is 16.0. The van der Waals surface area contributed by atoms with Gasteiger partial charge in [0.05, 0.1) is 18.8 Å². The molecule has 0 aliphatic rings. The van der Waals surface area contributed by atoms with E-state index in [4.69, 9.17) is 0 Å². The summed E-state index contributed by atoms with van der Waals surface area (Å²) in [6, 6.07) is -0.536. The number of rotatable bonds is 63. The number of hydrogen-bond acceptors (Lipinski definition) is 3. The van der Waals surface area contributed by atoms with Gasteiger partial charge in [-0.1, -0.05) is 359 Å². The zero-order valence-electron chi connectivity index (χ0n) is 49.5. The van der Waals surface area contributed by atoms with Crippen LogP contribution in [0.25, 0.3) is 0 Å². The van der Waals surface area contributed by atoms with Crippen LogP contribution in [-0.4, -0.2) is 34.9 Å². The molecule has 4 nitrogen and oxygen atoms in total. The molecule has 0 aromatic heterocycles. The summed E-state index contributed by atoms with van der Waals surface area (Å²) < 4.78 is 0. The molecule has 0 rings (SSSR count). The van der Waals surface area contributed by atoms with Gasteiger partial charge in [-0.3, -0.25) is 4.79 Å². The molecule has 0 saturated carbocycles. The first-order valence-electron chi connectivity index (χ1n) is 33.5. The standard InChI is InChI=1S/C68H133NO3/c1-3-5-7-9-11-13-15-17-19-21-23-25-27-29-31-33-34-36-37-39-41-43-45-47-49-51-53-55-57-59-61-63-67(71)66(65-70)69-68(72)64-62-60-58-56-54-52-50-48-46-44-42-40-38-35-32-30-28-26-24-22-20-18-16-14-12-10-8-6-4-2/h16,18,22,24,66-67,70-71H,3-15,17,19-21,23,25-65H2,1-2H3,(H,69,72)/b18-16-,24-22-. The molecule has 0 spiro atoms. The average Bonchev–Trinajstić information content (AvgIpc) is 3.39. The second-order valence-corrected chi connectivity index (χ2v) is 23.2. The van der Waals surface area contributed by atoms with Crippen LogP contribution in [0.1, 0.15) is 386 Å². The fourth-order valence-electron chi connectivity index (χ4n) is 10.9. The normalized spacial score (nSPS) is 12.8. The highest BCUT2D eigenvalue weighted by atomic mass is 16.3. The van der Waals surface area contributed by atoms with Crippen molar-refractivity contribution in [3.63, 3.8) is 0 Å². The summed E-state index contributed by atoms with van der Waals surface area (Å²) >= 11 is 0. The maximum atomic E-state index is 12.5. The minimum atomic E-state index is -0.659. The lowest BCUT2D eigenvalue weighted by atomic mass is 10.0. The molecule has 0 aromatic carbocycles. The summed E-state index contributed by atoms with van der Waals surface area (Å²) in [5.74, 6) is -0.0233. The Kier molecular flexibility index (Phi) is 63.2. The van der Waals surface area contributed by atoms with Gasteiger partial charge in [0.25, 0.3) is 0 Å². The van der Waals surface area contributed by atoms with Crippen molar-refractivity contribution in [3.8, 4) is 0 Å². The topological polar surface area (TPSA) is 69.6 Å². The summed E-state index contributed by atoms with van der Waals surface area (Å²) in [7, 11) is 0. The molecule has 3 N–H and O–H groups in total. The quantitative estimate of drug-likeness (QED) is 0.0420. The summed E-state index contributed by atoms with van der Waals surface area (Å²) in [5, 5.41) is 23.5. The Morgan fingerprint density at radius 3 is 0.833 bits per heavy atom. The van der Waals surface area contributed by atoms with E-state index in [9.17, 15) is 15.0 Å². The SMILES string of the molecule is CCCCCCC/C=C\C/C=C\CCCCCCCCCCCCCCCCCCCC(=O)NC(CO)C(O)CCCCCCCCCCCCCCCCCCCCCCCCCCCCCCCCC. The predicted molar refractivity (Wildman–Crippen MR) is 322 cm³/mol. The Hall–Kier alpha value is -1.13. The van der Waals surface area contributed by atoms with E-state index in [1.807, 2.05) is 0 Å². The van der Waals surface area contributed by atoms with Crippen molar-refractivity contribution in [1.82, 2.24) is 5.32 Å². The largest absolute Gasteiger partial charge is 0.394 e. The number of hydrogen-bond donors (Lipinski definition) is 3. The lowest BCUT2D eigenvalue weighted by molar-refractivity contribution is -0.123. The molecule has 2 unspecified atom stereocenters. The summed E-state index contributed by atoms with van der Waals surface area (Å²) in [6.07, 6.45) is 86.5. The number of allylic oxidation sites excluding steroid dienone is 4. The van der Waals surface area contributed by atoms with Gasteiger partial charge < -0.3 is 15.5 Å². The van der Waals surface area contributed by atoms with Crippen LogP contribution in [0, 0.1) is 0 Å². The lowest BCUT2D eigenvalue weighted by Gasteiger charge is -2.22. The summed E-state index contributed by atoms with van der Waals surface area (Å²) in [6.45, 7) is 4.40. The first kappa shape index (κ1) is 70.9. The van der Waals surface area contributed by atoms with E-state index in [1.54, 1.807) is 0 Å². The van der Waals surface area contributed by atoms with Crippen LogP contribution >= 0.6 is 0 Å². The Labute approximate surface area is 453 Å². The van der Waals surface area contributed by atoms with Crippen molar-refractivity contribution in [1.29, 1.82) is 0 Å². The summed E-state index contributed by atoms with van der Waals surface area (Å²) in [5.41, 5.74) is 0. The van der Waals surface area contributed by atoms with Crippen LogP contribution in [-0.2, 0) is 4.79 Å². The van der Waals surface area contributed by atoms with Crippen LogP contribution < -0.4 is 5.32 Å². The zero-order chi connectivity index (χ0) is 52.0. The van der Waals surface area contributed by atoms with Gasteiger partial charge >= 0.3 is 0 Å². The molecule has 0 heterocycles. The Balaban J connectivity index is 3.39. The van der Waals surface area contributed by atoms with Gasteiger partial charge in [-0.15, -0.1) is 0 Å². The fourth-order valence-corrected chi connectivity index (χ4v) is 10.9. The van der Waals surface area contributed by atoms with Gasteiger partial charge in [-0.25, -0.2) is 0 Å². The van der Waals surface area contributed by atoms with Crippen molar-refractivity contribution >= 4 is 5.91 Å². The molecule has 2 atom stereocenters. The van der Waals surface area contributed by atoms with Crippen molar-refractivity contribution in [2.75, 3.05) is 6.61 Å². The number of carbonyl (C=O) groups is 1. The molecule has 0 aliphatic heterocycles. The lowest BCUT2D eigenvalue weighted by Crippen LogP contribution is -2.45. The van der Waals surface area contributed by atoms with Crippen molar-refractivity contribution < 1.29 is 15.0 Å². The highest BCUT2D eigenvalue weighted by Crippen LogP contribution is 2.19. The third-order valence-electron chi connectivity index (χ3n) is 16.0. The zero-order valence-corrected chi connectivity index (χ0v) is 49.5. The highest BCUT2D eigenvalue weighted by Gasteiger charge is 2.20.